The van der Waals surface area contributed by atoms with Crippen LogP contribution in [0, 0.1) is 11.3 Å². The Kier molecular flexibility index (Phi) is 4.60. The molecule has 0 radical (unpaired) electrons. The van der Waals surface area contributed by atoms with Gasteiger partial charge >= 0.3 is 0 Å². The number of dihydropyridines is 1. The number of nitriles is 1. The fourth-order valence-electron chi connectivity index (χ4n) is 3.41. The molecular weight excluding hydrogens is 350 g/mol. The Hall–Kier alpha value is -2.46. The van der Waals surface area contributed by atoms with Crippen molar-refractivity contribution in [1.29, 1.82) is 5.26 Å². The fourth-order valence-corrected chi connectivity index (χ4v) is 4.29. The van der Waals surface area contributed by atoms with E-state index in [1.807, 2.05) is 0 Å². The summed E-state index contributed by atoms with van der Waals surface area (Å²) in [7, 11) is 0. The third-order valence-corrected chi connectivity index (χ3v) is 5.80. The van der Waals surface area contributed by atoms with E-state index in [0.717, 1.165) is 31.4 Å². The first-order valence-electron chi connectivity index (χ1n) is 8.80. The maximum atomic E-state index is 12.6. The predicted octanol–water partition coefficient (Wildman–Crippen LogP) is 2.72. The van der Waals surface area contributed by atoms with Gasteiger partial charge in [-0.1, -0.05) is 11.8 Å². The second-order valence-corrected chi connectivity index (χ2v) is 7.71. The molecule has 3 aliphatic rings. The highest BCUT2D eigenvalue weighted by molar-refractivity contribution is 8.03. The van der Waals surface area contributed by atoms with Gasteiger partial charge in [-0.15, -0.1) is 0 Å². The van der Waals surface area contributed by atoms with Crippen LogP contribution in [0.1, 0.15) is 43.8 Å². The van der Waals surface area contributed by atoms with Crippen LogP contribution in [0.3, 0.4) is 0 Å². The van der Waals surface area contributed by atoms with Crippen LogP contribution in [0.2, 0.25) is 0 Å². The standard InChI is InChI=1S/C19H19N3O3S/c20-9-12-17(15-5-2-8-25-15)18-13(3-1-4-14(18)23)22-19(12)26-10-16(24)21-11-6-7-11/h2,5,8,11,17,22H,1,3-4,6-7,10H2,(H,21,24)/t17-/m1/s1. The first kappa shape index (κ1) is 17.0. The van der Waals surface area contributed by atoms with E-state index in [-0.39, 0.29) is 17.4 Å². The molecule has 2 heterocycles. The largest absolute Gasteiger partial charge is 0.468 e. The van der Waals surface area contributed by atoms with Crippen molar-refractivity contribution in [3.63, 3.8) is 0 Å². The number of amides is 1. The van der Waals surface area contributed by atoms with Gasteiger partial charge in [-0.3, -0.25) is 9.59 Å². The number of nitrogens with one attached hydrogen (secondary N) is 2. The molecule has 134 valence electrons. The molecule has 2 aliphatic carbocycles. The van der Waals surface area contributed by atoms with Crippen LogP contribution in [0.4, 0.5) is 0 Å². The van der Waals surface area contributed by atoms with Gasteiger partial charge in [0.05, 0.1) is 34.6 Å². The van der Waals surface area contributed by atoms with Crippen molar-refractivity contribution in [1.82, 2.24) is 10.6 Å². The molecule has 7 heteroatoms. The van der Waals surface area contributed by atoms with Gasteiger partial charge in [-0.2, -0.15) is 5.26 Å². The topological polar surface area (TPSA) is 95.1 Å². The maximum absolute atomic E-state index is 12.6. The number of hydrogen-bond acceptors (Lipinski definition) is 6. The number of thioether (sulfide) groups is 1. The Morgan fingerprint density at radius 1 is 1.42 bits per heavy atom. The molecule has 0 spiro atoms. The van der Waals surface area contributed by atoms with Gasteiger partial charge < -0.3 is 15.1 Å². The average molecular weight is 369 g/mol. The molecule has 1 aromatic heterocycles. The van der Waals surface area contributed by atoms with Crippen LogP contribution in [0.25, 0.3) is 0 Å². The first-order valence-corrected chi connectivity index (χ1v) is 9.79. The van der Waals surface area contributed by atoms with Gasteiger partial charge in [0.25, 0.3) is 0 Å². The van der Waals surface area contributed by atoms with Crippen molar-refractivity contribution < 1.29 is 14.0 Å². The third kappa shape index (κ3) is 3.29. The van der Waals surface area contributed by atoms with Crippen LogP contribution in [-0.2, 0) is 9.59 Å². The molecule has 26 heavy (non-hydrogen) atoms. The van der Waals surface area contributed by atoms with Crippen molar-refractivity contribution in [3.8, 4) is 6.07 Å². The molecule has 0 bridgehead atoms. The molecule has 4 rings (SSSR count). The molecule has 0 saturated heterocycles. The van der Waals surface area contributed by atoms with Crippen LogP contribution >= 0.6 is 11.8 Å². The fraction of sp³-hybridized carbons (Fsp3) is 0.421. The highest BCUT2D eigenvalue weighted by Gasteiger charge is 2.38. The molecule has 0 aromatic carbocycles. The third-order valence-electron chi connectivity index (χ3n) is 4.78. The lowest BCUT2D eigenvalue weighted by Crippen LogP contribution is -2.32. The number of Topliss-reactive ketones (excluding diaryl/α,β-unsaturated/α-hetero) is 1. The van der Waals surface area contributed by atoms with E-state index >= 15 is 0 Å². The van der Waals surface area contributed by atoms with Crippen molar-refractivity contribution in [2.75, 3.05) is 5.75 Å². The summed E-state index contributed by atoms with van der Waals surface area (Å²) in [6, 6.07) is 6.11. The highest BCUT2D eigenvalue weighted by Crippen LogP contribution is 2.44. The zero-order chi connectivity index (χ0) is 18.1. The Balaban J connectivity index is 1.64. The summed E-state index contributed by atoms with van der Waals surface area (Å²) in [6.45, 7) is 0. The molecule has 1 atom stereocenters. The van der Waals surface area contributed by atoms with Gasteiger partial charge in [-0.05, 0) is 37.8 Å². The SMILES string of the molecule is N#CC1=C(SCC(=O)NC2CC2)NC2=C(C(=O)CCC2)[C@H]1c1ccco1. The maximum Gasteiger partial charge on any atom is 0.230 e. The van der Waals surface area contributed by atoms with E-state index in [1.54, 1.807) is 18.4 Å². The van der Waals surface area contributed by atoms with E-state index in [0.29, 0.717) is 34.4 Å². The predicted molar refractivity (Wildman–Crippen MR) is 96.7 cm³/mol. The minimum absolute atomic E-state index is 0.0295. The normalized spacial score (nSPS) is 22.6. The summed E-state index contributed by atoms with van der Waals surface area (Å²) >= 11 is 1.31. The summed E-state index contributed by atoms with van der Waals surface area (Å²) in [5.41, 5.74) is 1.93. The van der Waals surface area contributed by atoms with Crippen LogP contribution in [0.5, 0.6) is 0 Å². The zero-order valence-electron chi connectivity index (χ0n) is 14.2. The van der Waals surface area contributed by atoms with Gasteiger partial charge in [0.15, 0.2) is 5.78 Å². The Morgan fingerprint density at radius 3 is 2.96 bits per heavy atom. The van der Waals surface area contributed by atoms with Crippen molar-refractivity contribution in [2.24, 2.45) is 0 Å². The van der Waals surface area contributed by atoms with Gasteiger partial charge in [0, 0.05) is 23.7 Å². The summed E-state index contributed by atoms with van der Waals surface area (Å²) in [5, 5.41) is 16.6. The van der Waals surface area contributed by atoms with Crippen LogP contribution in [0.15, 0.2) is 44.7 Å². The lowest BCUT2D eigenvalue weighted by atomic mass is 9.79. The Bertz CT molecular complexity index is 844. The lowest BCUT2D eigenvalue weighted by Gasteiger charge is -2.32. The molecular formula is C19H19N3O3S. The zero-order valence-corrected chi connectivity index (χ0v) is 15.0. The number of allylic oxidation sites excluding steroid dienone is 3. The summed E-state index contributed by atoms with van der Waals surface area (Å²) in [5.74, 6) is 0.367. The second kappa shape index (κ2) is 7.04. The summed E-state index contributed by atoms with van der Waals surface area (Å²) in [4.78, 5) is 24.6. The highest BCUT2D eigenvalue weighted by atomic mass is 32.2. The van der Waals surface area contributed by atoms with Gasteiger partial charge in [-0.25, -0.2) is 0 Å². The summed E-state index contributed by atoms with van der Waals surface area (Å²) < 4.78 is 5.55. The first-order chi connectivity index (χ1) is 12.7. The van der Waals surface area contributed by atoms with E-state index in [2.05, 4.69) is 16.7 Å². The van der Waals surface area contributed by atoms with E-state index in [9.17, 15) is 14.9 Å². The average Bonchev–Trinajstić information content (AvgIpc) is 3.28. The van der Waals surface area contributed by atoms with Crippen molar-refractivity contribution in [3.05, 3.63) is 46.0 Å². The minimum Gasteiger partial charge on any atom is -0.468 e. The Labute approximate surface area is 155 Å². The number of carbonyl (C=O) groups is 2. The quantitative estimate of drug-likeness (QED) is 0.829. The Morgan fingerprint density at radius 2 is 2.27 bits per heavy atom. The van der Waals surface area contributed by atoms with Crippen molar-refractivity contribution >= 4 is 23.5 Å². The van der Waals surface area contributed by atoms with E-state index in [4.69, 9.17) is 4.42 Å². The van der Waals surface area contributed by atoms with Crippen LogP contribution in [-0.4, -0.2) is 23.5 Å². The van der Waals surface area contributed by atoms with Crippen molar-refractivity contribution in [2.45, 2.75) is 44.1 Å². The summed E-state index contributed by atoms with van der Waals surface area (Å²) in [6.07, 6.45) is 5.67. The monoisotopic (exact) mass is 369 g/mol. The molecule has 2 N–H and O–H groups in total. The minimum atomic E-state index is -0.493. The number of nitrogens with zero attached hydrogens (tertiary/aromatic N) is 1. The molecule has 1 aliphatic heterocycles. The van der Waals surface area contributed by atoms with E-state index < -0.39 is 5.92 Å². The molecule has 1 saturated carbocycles. The smallest absolute Gasteiger partial charge is 0.230 e. The molecule has 0 unspecified atom stereocenters. The number of furan rings is 1. The number of carbonyl (C=O) groups excluding carboxylic acids is 2. The molecule has 6 nitrogen and oxygen atoms in total. The van der Waals surface area contributed by atoms with Crippen LogP contribution < -0.4 is 10.6 Å². The van der Waals surface area contributed by atoms with E-state index in [1.165, 1.54) is 11.8 Å². The lowest BCUT2D eigenvalue weighted by molar-refractivity contribution is -0.118. The molecule has 1 fully saturated rings. The second-order valence-electron chi connectivity index (χ2n) is 6.73. The molecule has 1 aromatic rings. The number of rotatable bonds is 5. The van der Waals surface area contributed by atoms with Gasteiger partial charge in [0.2, 0.25) is 5.91 Å². The molecule has 1 amide bonds. The number of hydrogen-bond donors (Lipinski definition) is 2. The van der Waals surface area contributed by atoms with Gasteiger partial charge in [0.1, 0.15) is 5.76 Å². The number of ketones is 1.